The molecule has 1 aliphatic heterocycles. The molecule has 2 amide bonds. The molecule has 0 bridgehead atoms. The van der Waals surface area contributed by atoms with E-state index < -0.39 is 0 Å². The number of hydrazone groups is 1. The van der Waals surface area contributed by atoms with Crippen molar-refractivity contribution >= 4 is 17.5 Å². The average molecular weight is 331 g/mol. The predicted molar refractivity (Wildman–Crippen MR) is 93.1 cm³/mol. The van der Waals surface area contributed by atoms with Crippen molar-refractivity contribution in [2.24, 2.45) is 5.10 Å². The van der Waals surface area contributed by atoms with Crippen LogP contribution in [0.3, 0.4) is 0 Å². The number of carbonyl (C=O) groups is 2. The fourth-order valence-corrected chi connectivity index (χ4v) is 2.59. The van der Waals surface area contributed by atoms with Crippen LogP contribution in [0, 0.1) is 6.92 Å². The van der Waals surface area contributed by atoms with Gasteiger partial charge in [0.15, 0.2) is 0 Å². The SMILES string of the molecule is COc1cc(C)c(CNC(=O)C2=NNC(=O)CC2)cc1C(C)(C)C. The molecule has 0 saturated carbocycles. The van der Waals surface area contributed by atoms with Crippen LogP contribution >= 0.6 is 0 Å². The van der Waals surface area contributed by atoms with Crippen LogP contribution in [0.4, 0.5) is 0 Å². The second-order valence-corrected chi connectivity index (χ2v) is 7.01. The molecule has 130 valence electrons. The number of aryl methyl sites for hydroxylation is 1. The van der Waals surface area contributed by atoms with Crippen molar-refractivity contribution in [2.45, 2.75) is 52.5 Å². The topological polar surface area (TPSA) is 79.8 Å². The van der Waals surface area contributed by atoms with E-state index in [1.54, 1.807) is 7.11 Å². The highest BCUT2D eigenvalue weighted by Crippen LogP contribution is 2.33. The van der Waals surface area contributed by atoms with Gasteiger partial charge in [0.25, 0.3) is 5.91 Å². The Morgan fingerprint density at radius 3 is 2.58 bits per heavy atom. The average Bonchev–Trinajstić information content (AvgIpc) is 2.52. The predicted octanol–water partition coefficient (Wildman–Crippen LogP) is 2.18. The Morgan fingerprint density at radius 2 is 2.04 bits per heavy atom. The number of carbonyl (C=O) groups excluding carboxylic acids is 2. The molecule has 0 unspecified atom stereocenters. The molecule has 0 atom stereocenters. The largest absolute Gasteiger partial charge is 0.496 e. The molecule has 2 N–H and O–H groups in total. The molecule has 1 aromatic carbocycles. The van der Waals surface area contributed by atoms with Gasteiger partial charge in [-0.05, 0) is 41.2 Å². The maximum absolute atomic E-state index is 12.2. The highest BCUT2D eigenvalue weighted by molar-refractivity contribution is 6.39. The molecule has 24 heavy (non-hydrogen) atoms. The third kappa shape index (κ3) is 4.13. The molecule has 1 heterocycles. The van der Waals surface area contributed by atoms with Crippen molar-refractivity contribution in [1.82, 2.24) is 10.7 Å². The number of hydrogen-bond donors (Lipinski definition) is 2. The van der Waals surface area contributed by atoms with Crippen molar-refractivity contribution in [3.8, 4) is 5.75 Å². The van der Waals surface area contributed by atoms with Crippen LogP contribution in [0.15, 0.2) is 17.2 Å². The van der Waals surface area contributed by atoms with E-state index in [-0.39, 0.29) is 17.2 Å². The number of benzene rings is 1. The number of nitrogens with one attached hydrogen (secondary N) is 2. The molecule has 6 heteroatoms. The van der Waals surface area contributed by atoms with Crippen molar-refractivity contribution in [3.63, 3.8) is 0 Å². The molecule has 0 aromatic heterocycles. The van der Waals surface area contributed by atoms with Gasteiger partial charge in [-0.3, -0.25) is 9.59 Å². The standard InChI is InChI=1S/C18H25N3O3/c1-11-8-15(24-5)13(18(2,3)4)9-12(11)10-19-17(23)14-6-7-16(22)21-20-14/h8-9H,6-7,10H2,1-5H3,(H,19,23)(H,21,22). The fourth-order valence-electron chi connectivity index (χ4n) is 2.59. The van der Waals surface area contributed by atoms with E-state index in [4.69, 9.17) is 4.74 Å². The molecule has 0 saturated heterocycles. The van der Waals surface area contributed by atoms with Crippen LogP contribution in [0.25, 0.3) is 0 Å². The van der Waals surface area contributed by atoms with E-state index in [1.165, 1.54) is 0 Å². The Bertz CT molecular complexity index is 687. The fraction of sp³-hybridized carbons (Fsp3) is 0.500. The van der Waals surface area contributed by atoms with Crippen LogP contribution in [0.2, 0.25) is 0 Å². The Hall–Kier alpha value is -2.37. The summed E-state index contributed by atoms with van der Waals surface area (Å²) in [7, 11) is 1.67. The lowest BCUT2D eigenvalue weighted by Gasteiger charge is -2.24. The Kier molecular flexibility index (Phi) is 5.26. The minimum atomic E-state index is -0.248. The number of nitrogens with zero attached hydrogens (tertiary/aromatic N) is 1. The van der Waals surface area contributed by atoms with Gasteiger partial charge in [0.2, 0.25) is 5.91 Å². The molecule has 0 aliphatic carbocycles. The van der Waals surface area contributed by atoms with Crippen LogP contribution in [-0.4, -0.2) is 24.6 Å². The number of ether oxygens (including phenoxy) is 1. The summed E-state index contributed by atoms with van der Waals surface area (Å²) >= 11 is 0. The molecule has 0 radical (unpaired) electrons. The summed E-state index contributed by atoms with van der Waals surface area (Å²) in [4.78, 5) is 23.3. The quantitative estimate of drug-likeness (QED) is 0.887. The van der Waals surface area contributed by atoms with Crippen LogP contribution in [0.1, 0.15) is 50.3 Å². The molecule has 6 nitrogen and oxygen atoms in total. The summed E-state index contributed by atoms with van der Waals surface area (Å²) < 4.78 is 5.49. The summed E-state index contributed by atoms with van der Waals surface area (Å²) in [6.45, 7) is 8.78. The number of amides is 2. The van der Waals surface area contributed by atoms with E-state index in [9.17, 15) is 9.59 Å². The first kappa shape index (κ1) is 18.0. The smallest absolute Gasteiger partial charge is 0.267 e. The van der Waals surface area contributed by atoms with E-state index >= 15 is 0 Å². The van der Waals surface area contributed by atoms with Crippen molar-refractivity contribution in [2.75, 3.05) is 7.11 Å². The van der Waals surface area contributed by atoms with E-state index in [0.29, 0.717) is 25.1 Å². The minimum Gasteiger partial charge on any atom is -0.496 e. The normalized spacial score (nSPS) is 14.7. The zero-order chi connectivity index (χ0) is 17.9. The van der Waals surface area contributed by atoms with Gasteiger partial charge >= 0.3 is 0 Å². The second-order valence-electron chi connectivity index (χ2n) is 7.01. The first-order valence-electron chi connectivity index (χ1n) is 8.04. The van der Waals surface area contributed by atoms with Gasteiger partial charge in [0, 0.05) is 19.4 Å². The van der Waals surface area contributed by atoms with Crippen LogP contribution in [0.5, 0.6) is 5.75 Å². The van der Waals surface area contributed by atoms with Crippen molar-refractivity contribution in [1.29, 1.82) is 0 Å². The van der Waals surface area contributed by atoms with Gasteiger partial charge in [0.05, 0.1) is 7.11 Å². The van der Waals surface area contributed by atoms with Crippen LogP contribution < -0.4 is 15.5 Å². The van der Waals surface area contributed by atoms with Gasteiger partial charge in [-0.2, -0.15) is 5.10 Å². The summed E-state index contributed by atoms with van der Waals surface area (Å²) in [6, 6.07) is 4.08. The first-order chi connectivity index (χ1) is 11.2. The molecule has 1 aromatic rings. The molecular weight excluding hydrogens is 306 g/mol. The highest BCUT2D eigenvalue weighted by atomic mass is 16.5. The maximum Gasteiger partial charge on any atom is 0.267 e. The Morgan fingerprint density at radius 1 is 1.33 bits per heavy atom. The van der Waals surface area contributed by atoms with Crippen molar-refractivity contribution < 1.29 is 14.3 Å². The monoisotopic (exact) mass is 331 g/mol. The first-order valence-corrected chi connectivity index (χ1v) is 8.04. The second kappa shape index (κ2) is 7.03. The number of hydrogen-bond acceptors (Lipinski definition) is 4. The lowest BCUT2D eigenvalue weighted by Crippen LogP contribution is -2.36. The van der Waals surface area contributed by atoms with Crippen molar-refractivity contribution in [3.05, 3.63) is 28.8 Å². The van der Waals surface area contributed by atoms with Gasteiger partial charge < -0.3 is 10.1 Å². The molecule has 1 aliphatic rings. The zero-order valence-electron chi connectivity index (χ0n) is 14.9. The van der Waals surface area contributed by atoms with E-state index in [2.05, 4.69) is 42.7 Å². The highest BCUT2D eigenvalue weighted by Gasteiger charge is 2.21. The molecule has 0 fully saturated rings. The molecular formula is C18H25N3O3. The lowest BCUT2D eigenvalue weighted by atomic mass is 9.84. The summed E-state index contributed by atoms with van der Waals surface area (Å²) in [5, 5.41) is 6.69. The van der Waals surface area contributed by atoms with Gasteiger partial charge in [-0.25, -0.2) is 5.43 Å². The van der Waals surface area contributed by atoms with E-state index in [0.717, 1.165) is 22.4 Å². The summed E-state index contributed by atoms with van der Waals surface area (Å²) in [6.07, 6.45) is 0.661. The summed E-state index contributed by atoms with van der Waals surface area (Å²) in [5.41, 5.74) is 5.83. The van der Waals surface area contributed by atoms with Gasteiger partial charge in [-0.15, -0.1) is 0 Å². The van der Waals surface area contributed by atoms with Gasteiger partial charge in [-0.1, -0.05) is 20.8 Å². The summed E-state index contributed by atoms with van der Waals surface area (Å²) in [5.74, 6) is 0.448. The van der Waals surface area contributed by atoms with E-state index in [1.807, 2.05) is 13.0 Å². The third-order valence-electron chi connectivity index (χ3n) is 4.07. The number of methoxy groups -OCH3 is 1. The Balaban J connectivity index is 2.15. The molecule has 0 spiro atoms. The Labute approximate surface area is 142 Å². The zero-order valence-corrected chi connectivity index (χ0v) is 14.9. The van der Waals surface area contributed by atoms with Crippen LogP contribution in [-0.2, 0) is 21.5 Å². The minimum absolute atomic E-state index is 0.0600. The third-order valence-corrected chi connectivity index (χ3v) is 4.07. The lowest BCUT2D eigenvalue weighted by molar-refractivity contribution is -0.121. The number of rotatable bonds is 4. The maximum atomic E-state index is 12.2. The molecule has 2 rings (SSSR count). The van der Waals surface area contributed by atoms with Gasteiger partial charge in [0.1, 0.15) is 11.5 Å².